The molecule has 0 spiro atoms. The van der Waals surface area contributed by atoms with Crippen LogP contribution in [0.3, 0.4) is 0 Å². The van der Waals surface area contributed by atoms with Gasteiger partial charge in [-0.15, -0.1) is 0 Å². The van der Waals surface area contributed by atoms with Crippen molar-refractivity contribution < 1.29 is 23.8 Å². The minimum atomic E-state index is -0.992. The number of rotatable bonds is 9. The number of benzene rings is 2. The number of fused-ring (bicyclic) bond motifs is 1. The van der Waals surface area contributed by atoms with Gasteiger partial charge in [-0.2, -0.15) is 5.10 Å². The van der Waals surface area contributed by atoms with Crippen LogP contribution in [0.25, 0.3) is 0 Å². The van der Waals surface area contributed by atoms with Gasteiger partial charge in [-0.25, -0.2) is 13.9 Å². The molecule has 0 saturated carbocycles. The highest BCUT2D eigenvalue weighted by atomic mass is 19.1. The topological polar surface area (TPSA) is 96.7 Å². The molecule has 1 aromatic heterocycles. The van der Waals surface area contributed by atoms with Gasteiger partial charge in [0.2, 0.25) is 0 Å². The number of nitrogens with zero attached hydrogens (tertiary/aromatic N) is 3. The van der Waals surface area contributed by atoms with Crippen LogP contribution in [0.15, 0.2) is 48.5 Å². The van der Waals surface area contributed by atoms with E-state index >= 15 is 0 Å². The highest BCUT2D eigenvalue weighted by Gasteiger charge is 2.30. The number of hydrogen-bond acceptors (Lipinski definition) is 5. The number of hydrogen-bond donors (Lipinski definition) is 2. The quantitative estimate of drug-likeness (QED) is 0.499. The first kappa shape index (κ1) is 23.3. The molecule has 0 aliphatic carbocycles. The second kappa shape index (κ2) is 9.94. The van der Waals surface area contributed by atoms with E-state index in [0.29, 0.717) is 36.6 Å². The Hall–Kier alpha value is -3.88. The first-order valence-corrected chi connectivity index (χ1v) is 11.1. The molecule has 0 bridgehead atoms. The summed E-state index contributed by atoms with van der Waals surface area (Å²) in [6, 6.07) is 13.6. The first-order chi connectivity index (χ1) is 16.4. The van der Waals surface area contributed by atoms with Gasteiger partial charge in [0.25, 0.3) is 5.91 Å². The van der Waals surface area contributed by atoms with E-state index in [2.05, 4.69) is 15.3 Å². The van der Waals surface area contributed by atoms with Crippen molar-refractivity contribution in [2.75, 3.05) is 24.7 Å². The lowest BCUT2D eigenvalue weighted by Crippen LogP contribution is -2.29. The Bertz CT molecular complexity index is 1190. The second-order valence-corrected chi connectivity index (χ2v) is 8.24. The largest absolute Gasteiger partial charge is 0.491 e. The van der Waals surface area contributed by atoms with Crippen molar-refractivity contribution >= 4 is 17.7 Å². The van der Waals surface area contributed by atoms with Crippen molar-refractivity contribution in [2.45, 2.75) is 33.0 Å². The zero-order valence-electron chi connectivity index (χ0n) is 19.1. The number of nitrogens with one attached hydrogen (secondary N) is 1. The zero-order valence-corrected chi connectivity index (χ0v) is 19.1. The average molecular weight is 467 g/mol. The van der Waals surface area contributed by atoms with E-state index in [-0.39, 0.29) is 24.1 Å². The predicted molar refractivity (Wildman–Crippen MR) is 125 cm³/mol. The molecule has 2 aromatic carbocycles. The van der Waals surface area contributed by atoms with Gasteiger partial charge in [-0.1, -0.05) is 24.3 Å². The summed E-state index contributed by atoms with van der Waals surface area (Å²) >= 11 is 0. The Morgan fingerprint density at radius 2 is 1.97 bits per heavy atom. The molecule has 0 saturated heterocycles. The Morgan fingerprint density at radius 1 is 1.21 bits per heavy atom. The van der Waals surface area contributed by atoms with Crippen LogP contribution in [0.4, 0.5) is 10.2 Å². The molecule has 0 fully saturated rings. The molecule has 8 nitrogen and oxygen atoms in total. The Kier molecular flexibility index (Phi) is 6.81. The zero-order chi connectivity index (χ0) is 24.2. The SMILES string of the molecule is Cc1nn2c(c1C(=O)N[C@@H](C)c1ccc(C(=O)O)cc1)N(Cc1cccc(OCCF)c1)CC2. The first-order valence-electron chi connectivity index (χ1n) is 11.1. The number of aromatic nitrogens is 2. The van der Waals surface area contributed by atoms with Crippen molar-refractivity contribution in [1.29, 1.82) is 0 Å². The number of anilines is 1. The number of carbonyl (C=O) groups is 2. The molecule has 0 radical (unpaired) electrons. The van der Waals surface area contributed by atoms with Gasteiger partial charge in [0.1, 0.15) is 30.4 Å². The summed E-state index contributed by atoms with van der Waals surface area (Å²) in [6.07, 6.45) is 0. The van der Waals surface area contributed by atoms with Gasteiger partial charge in [0.15, 0.2) is 0 Å². The van der Waals surface area contributed by atoms with Crippen molar-refractivity contribution in [1.82, 2.24) is 15.1 Å². The molecule has 178 valence electrons. The molecule has 4 rings (SSSR count). The smallest absolute Gasteiger partial charge is 0.335 e. The Morgan fingerprint density at radius 3 is 2.68 bits per heavy atom. The van der Waals surface area contributed by atoms with E-state index in [9.17, 15) is 14.0 Å². The number of halogens is 1. The molecule has 34 heavy (non-hydrogen) atoms. The third-order valence-electron chi connectivity index (χ3n) is 5.83. The predicted octanol–water partition coefficient (Wildman–Crippen LogP) is 3.75. The number of carboxylic acid groups (broad SMARTS) is 1. The van der Waals surface area contributed by atoms with E-state index in [1.807, 2.05) is 36.7 Å². The van der Waals surface area contributed by atoms with Crippen LogP contribution in [-0.2, 0) is 13.1 Å². The van der Waals surface area contributed by atoms with Crippen LogP contribution in [0, 0.1) is 6.92 Å². The fourth-order valence-electron chi connectivity index (χ4n) is 4.16. The van der Waals surface area contributed by atoms with Crippen LogP contribution in [0.5, 0.6) is 5.75 Å². The third kappa shape index (κ3) is 4.88. The summed E-state index contributed by atoms with van der Waals surface area (Å²) in [7, 11) is 0. The van der Waals surface area contributed by atoms with Crippen molar-refractivity contribution in [2.24, 2.45) is 0 Å². The number of aryl methyl sites for hydroxylation is 1. The summed E-state index contributed by atoms with van der Waals surface area (Å²) in [4.78, 5) is 26.5. The Balaban J connectivity index is 1.51. The minimum Gasteiger partial charge on any atom is -0.491 e. The monoisotopic (exact) mass is 466 g/mol. The van der Waals surface area contributed by atoms with E-state index in [1.165, 1.54) is 12.1 Å². The van der Waals surface area contributed by atoms with Gasteiger partial charge in [0, 0.05) is 13.1 Å². The highest BCUT2D eigenvalue weighted by molar-refractivity contribution is 6.00. The molecule has 1 aliphatic rings. The molecule has 3 aromatic rings. The molecule has 0 unspecified atom stereocenters. The van der Waals surface area contributed by atoms with E-state index < -0.39 is 12.6 Å². The summed E-state index contributed by atoms with van der Waals surface area (Å²) in [5.74, 6) is 0.146. The summed E-state index contributed by atoms with van der Waals surface area (Å²) in [6.45, 7) is 5.09. The maximum absolute atomic E-state index is 13.3. The van der Waals surface area contributed by atoms with Gasteiger partial charge in [-0.3, -0.25) is 4.79 Å². The normalized spacial score (nSPS) is 13.4. The fourth-order valence-corrected chi connectivity index (χ4v) is 4.16. The average Bonchev–Trinajstić information content (AvgIpc) is 3.35. The van der Waals surface area contributed by atoms with Crippen LogP contribution in [-0.4, -0.2) is 46.6 Å². The maximum atomic E-state index is 13.3. The maximum Gasteiger partial charge on any atom is 0.335 e. The third-order valence-corrected chi connectivity index (χ3v) is 5.83. The summed E-state index contributed by atoms with van der Waals surface area (Å²) < 4.78 is 19.7. The standard InChI is InChI=1S/C25H27FN4O4/c1-16(19-6-8-20(9-7-19)25(32)33)27-23(31)22-17(2)28-30-12-11-29(24(22)30)15-18-4-3-5-21(14-18)34-13-10-26/h3-9,14,16H,10-13,15H2,1-2H3,(H,27,31)(H,32,33)/t16-/m0/s1. The fraction of sp³-hybridized carbons (Fsp3) is 0.320. The van der Waals surface area contributed by atoms with Crippen LogP contribution >= 0.6 is 0 Å². The number of amides is 1. The lowest BCUT2D eigenvalue weighted by Gasteiger charge is -2.20. The molecule has 1 amide bonds. The lowest BCUT2D eigenvalue weighted by atomic mass is 10.1. The van der Waals surface area contributed by atoms with Crippen molar-refractivity contribution in [3.8, 4) is 5.75 Å². The number of carboxylic acids is 1. The molecule has 1 aliphatic heterocycles. The van der Waals surface area contributed by atoms with Crippen molar-refractivity contribution in [3.63, 3.8) is 0 Å². The van der Waals surface area contributed by atoms with Gasteiger partial charge >= 0.3 is 5.97 Å². The highest BCUT2D eigenvalue weighted by Crippen LogP contribution is 2.31. The second-order valence-electron chi connectivity index (χ2n) is 8.24. The number of alkyl halides is 1. The molecule has 2 N–H and O–H groups in total. The molecule has 2 heterocycles. The van der Waals surface area contributed by atoms with Gasteiger partial charge in [-0.05, 0) is 49.2 Å². The molecule has 9 heteroatoms. The number of ether oxygens (including phenoxy) is 1. The lowest BCUT2D eigenvalue weighted by molar-refractivity contribution is 0.0696. The van der Waals surface area contributed by atoms with Crippen molar-refractivity contribution in [3.05, 3.63) is 76.5 Å². The molecule has 1 atom stereocenters. The van der Waals surface area contributed by atoms with Gasteiger partial charge in [0.05, 0.1) is 23.8 Å². The minimum absolute atomic E-state index is 0.0146. The van der Waals surface area contributed by atoms with E-state index in [0.717, 1.165) is 16.9 Å². The number of carbonyl (C=O) groups excluding carboxylic acids is 1. The van der Waals surface area contributed by atoms with Crippen LogP contribution in [0.1, 0.15) is 50.5 Å². The Labute approximate surface area is 197 Å². The van der Waals surface area contributed by atoms with E-state index in [1.54, 1.807) is 18.2 Å². The van der Waals surface area contributed by atoms with Crippen LogP contribution in [0.2, 0.25) is 0 Å². The molecular formula is C25H27FN4O4. The molecular weight excluding hydrogens is 439 g/mol. The van der Waals surface area contributed by atoms with Crippen LogP contribution < -0.4 is 15.0 Å². The number of aromatic carboxylic acids is 1. The van der Waals surface area contributed by atoms with Gasteiger partial charge < -0.3 is 20.1 Å². The van der Waals surface area contributed by atoms with E-state index in [4.69, 9.17) is 9.84 Å². The summed E-state index contributed by atoms with van der Waals surface area (Å²) in [5.41, 5.74) is 3.16. The summed E-state index contributed by atoms with van der Waals surface area (Å²) in [5, 5.41) is 16.7.